The second-order valence-corrected chi connectivity index (χ2v) is 6.62. The molecule has 1 fully saturated rings. The van der Waals surface area contributed by atoms with E-state index in [9.17, 15) is 9.90 Å². The van der Waals surface area contributed by atoms with E-state index in [1.165, 1.54) is 5.56 Å². The van der Waals surface area contributed by atoms with Crippen LogP contribution in [0.1, 0.15) is 30.7 Å². The summed E-state index contributed by atoms with van der Waals surface area (Å²) in [6, 6.07) is 10.4. The van der Waals surface area contributed by atoms with E-state index in [0.717, 1.165) is 38.2 Å². The van der Waals surface area contributed by atoms with Crippen molar-refractivity contribution in [2.24, 2.45) is 0 Å². The van der Waals surface area contributed by atoms with Crippen LogP contribution in [-0.2, 0) is 24.3 Å². The molecule has 2 aromatic rings. The molecule has 2 heterocycles. The van der Waals surface area contributed by atoms with Gasteiger partial charge in [-0.3, -0.25) is 4.79 Å². The summed E-state index contributed by atoms with van der Waals surface area (Å²) in [5, 5.41) is 16.3. The Balaban J connectivity index is 1.49. The maximum Gasteiger partial charge on any atom is 0.253 e. The van der Waals surface area contributed by atoms with Crippen LogP contribution in [0.3, 0.4) is 0 Å². The van der Waals surface area contributed by atoms with Crippen molar-refractivity contribution < 1.29 is 9.90 Å². The number of hydrogen-bond acceptors (Lipinski definition) is 4. The van der Waals surface area contributed by atoms with Crippen LogP contribution in [0.15, 0.2) is 42.7 Å². The van der Waals surface area contributed by atoms with Crippen molar-refractivity contribution in [2.45, 2.75) is 44.4 Å². The van der Waals surface area contributed by atoms with Gasteiger partial charge >= 0.3 is 0 Å². The molecule has 0 radical (unpaired) electrons. The lowest BCUT2D eigenvalue weighted by atomic mass is 9.93. The average molecular weight is 342 g/mol. The summed E-state index contributed by atoms with van der Waals surface area (Å²) < 4.78 is 2.06. The second-order valence-electron chi connectivity index (χ2n) is 6.62. The fourth-order valence-corrected chi connectivity index (χ4v) is 3.22. The number of hydrogen-bond donors (Lipinski definition) is 3. The highest BCUT2D eigenvalue weighted by Gasteiger charge is 2.37. The number of β-amino-alcohol motifs (C(OH)–C–C–N with tert-alkyl or cyclic N) is 1. The Kier molecular flexibility index (Phi) is 5.83. The molecule has 25 heavy (non-hydrogen) atoms. The fourth-order valence-electron chi connectivity index (χ4n) is 3.22. The molecule has 0 saturated carbocycles. The molecule has 1 amide bonds. The van der Waals surface area contributed by atoms with Crippen LogP contribution < -0.4 is 10.6 Å². The molecule has 134 valence electrons. The smallest absolute Gasteiger partial charge is 0.253 e. The summed E-state index contributed by atoms with van der Waals surface area (Å²) in [5.74, 6) is 0.493. The molecule has 1 aliphatic rings. The van der Waals surface area contributed by atoms with Gasteiger partial charge in [-0.25, -0.2) is 4.98 Å². The molecule has 6 nitrogen and oxygen atoms in total. The first-order valence-corrected chi connectivity index (χ1v) is 8.93. The monoisotopic (exact) mass is 342 g/mol. The highest BCUT2D eigenvalue weighted by Crippen LogP contribution is 2.16. The molecule has 1 aliphatic heterocycles. The van der Waals surface area contributed by atoms with Gasteiger partial charge in [0, 0.05) is 25.5 Å². The van der Waals surface area contributed by atoms with Crippen LogP contribution >= 0.6 is 0 Å². The minimum absolute atomic E-state index is 0.310. The van der Waals surface area contributed by atoms with Gasteiger partial charge < -0.3 is 20.3 Å². The van der Waals surface area contributed by atoms with E-state index in [1.54, 1.807) is 6.20 Å². The van der Waals surface area contributed by atoms with Crippen molar-refractivity contribution in [2.75, 3.05) is 13.1 Å². The summed E-state index contributed by atoms with van der Waals surface area (Å²) in [5.41, 5.74) is 0.0210. The fraction of sp³-hybridized carbons (Fsp3) is 0.474. The third-order valence-corrected chi connectivity index (χ3v) is 4.70. The first-order valence-electron chi connectivity index (χ1n) is 8.93. The van der Waals surface area contributed by atoms with E-state index in [0.29, 0.717) is 19.5 Å². The lowest BCUT2D eigenvalue weighted by molar-refractivity contribution is -0.141. The van der Waals surface area contributed by atoms with Gasteiger partial charge in [-0.2, -0.15) is 0 Å². The Bertz CT molecular complexity index is 678. The topological polar surface area (TPSA) is 79.2 Å². The third kappa shape index (κ3) is 4.67. The van der Waals surface area contributed by atoms with Crippen molar-refractivity contribution in [1.29, 1.82) is 0 Å². The molecule has 1 atom stereocenters. The number of amides is 1. The van der Waals surface area contributed by atoms with E-state index in [2.05, 4.69) is 44.5 Å². The Labute approximate surface area is 148 Å². The number of benzene rings is 1. The summed E-state index contributed by atoms with van der Waals surface area (Å²) in [6.07, 6.45) is 7.01. The largest absolute Gasteiger partial charge is 0.379 e. The third-order valence-electron chi connectivity index (χ3n) is 4.70. The van der Waals surface area contributed by atoms with Crippen LogP contribution in [0, 0.1) is 0 Å². The molecule has 0 bridgehead atoms. The molecule has 0 aliphatic carbocycles. The first-order chi connectivity index (χ1) is 12.2. The summed E-state index contributed by atoms with van der Waals surface area (Å²) >= 11 is 0. The zero-order valence-corrected chi connectivity index (χ0v) is 14.4. The molecular formula is C19H26N4O2. The Hall–Kier alpha value is -2.18. The number of imidazole rings is 1. The molecule has 3 rings (SSSR count). The van der Waals surface area contributed by atoms with Gasteiger partial charge in [-0.05, 0) is 37.8 Å². The molecule has 1 saturated heterocycles. The number of nitrogens with zero attached hydrogens (tertiary/aromatic N) is 2. The molecule has 1 aromatic heterocycles. The molecule has 1 unspecified atom stereocenters. The lowest BCUT2D eigenvalue weighted by Crippen LogP contribution is -2.55. The molecule has 6 heteroatoms. The Morgan fingerprint density at radius 2 is 2.20 bits per heavy atom. The van der Waals surface area contributed by atoms with Crippen LogP contribution in [0.2, 0.25) is 0 Å². The number of aryl methyl sites for hydroxylation is 2. The maximum absolute atomic E-state index is 12.3. The van der Waals surface area contributed by atoms with E-state index < -0.39 is 5.60 Å². The summed E-state index contributed by atoms with van der Waals surface area (Å²) in [7, 11) is 0. The zero-order chi connectivity index (χ0) is 17.5. The maximum atomic E-state index is 12.3. The van der Waals surface area contributed by atoms with E-state index in [4.69, 9.17) is 0 Å². The molecule has 1 aromatic carbocycles. The molecule has 0 spiro atoms. The Morgan fingerprint density at radius 3 is 2.96 bits per heavy atom. The van der Waals surface area contributed by atoms with Crippen LogP contribution in [0.25, 0.3) is 0 Å². The second kappa shape index (κ2) is 8.27. The predicted molar refractivity (Wildman–Crippen MR) is 95.9 cm³/mol. The van der Waals surface area contributed by atoms with Gasteiger partial charge in [0.15, 0.2) is 5.60 Å². The predicted octanol–water partition coefficient (Wildman–Crippen LogP) is 1.25. The van der Waals surface area contributed by atoms with E-state index in [1.807, 2.05) is 12.3 Å². The average Bonchev–Trinajstić information content (AvgIpc) is 3.08. The molecule has 3 N–H and O–H groups in total. The van der Waals surface area contributed by atoms with Crippen molar-refractivity contribution >= 4 is 5.91 Å². The SMILES string of the molecule is O=C(NCc1nccn1CCCc1ccccc1)C1(O)CCCNC1. The van der Waals surface area contributed by atoms with Crippen LogP contribution in [0.5, 0.6) is 0 Å². The Morgan fingerprint density at radius 1 is 1.36 bits per heavy atom. The van der Waals surface area contributed by atoms with Gasteiger partial charge in [-0.15, -0.1) is 0 Å². The quantitative estimate of drug-likeness (QED) is 0.707. The minimum atomic E-state index is -1.30. The lowest BCUT2D eigenvalue weighted by Gasteiger charge is -2.31. The summed E-state index contributed by atoms with van der Waals surface area (Å²) in [4.78, 5) is 16.6. The number of carbonyl (C=O) groups is 1. The highest BCUT2D eigenvalue weighted by atomic mass is 16.3. The highest BCUT2D eigenvalue weighted by molar-refractivity contribution is 5.85. The van der Waals surface area contributed by atoms with Gasteiger partial charge in [0.25, 0.3) is 5.91 Å². The van der Waals surface area contributed by atoms with Gasteiger partial charge in [-0.1, -0.05) is 30.3 Å². The van der Waals surface area contributed by atoms with Crippen molar-refractivity contribution in [3.05, 3.63) is 54.1 Å². The number of carbonyl (C=O) groups excluding carboxylic acids is 1. The molecular weight excluding hydrogens is 316 g/mol. The van der Waals surface area contributed by atoms with Gasteiger partial charge in [0.2, 0.25) is 0 Å². The number of aromatic nitrogens is 2. The first kappa shape index (κ1) is 17.6. The van der Waals surface area contributed by atoms with E-state index in [-0.39, 0.29) is 5.91 Å². The number of aliphatic hydroxyl groups is 1. The van der Waals surface area contributed by atoms with Crippen LogP contribution in [0.4, 0.5) is 0 Å². The zero-order valence-electron chi connectivity index (χ0n) is 14.4. The van der Waals surface area contributed by atoms with Crippen LogP contribution in [-0.4, -0.2) is 39.3 Å². The number of nitrogens with one attached hydrogen (secondary N) is 2. The van der Waals surface area contributed by atoms with Crippen molar-refractivity contribution in [1.82, 2.24) is 20.2 Å². The van der Waals surface area contributed by atoms with Crippen molar-refractivity contribution in [3.63, 3.8) is 0 Å². The summed E-state index contributed by atoms with van der Waals surface area (Å²) in [6.45, 7) is 2.34. The van der Waals surface area contributed by atoms with Crippen molar-refractivity contribution in [3.8, 4) is 0 Å². The van der Waals surface area contributed by atoms with E-state index >= 15 is 0 Å². The minimum Gasteiger partial charge on any atom is -0.379 e. The standard InChI is InChI=1S/C19H26N4O2/c24-18(19(25)9-5-10-20-15-19)22-14-17-21-11-13-23(17)12-4-8-16-6-2-1-3-7-16/h1-3,6-7,11,13,20,25H,4-5,8-10,12,14-15H2,(H,22,24). The normalized spacial score (nSPS) is 20.4. The number of rotatable bonds is 7. The van der Waals surface area contributed by atoms with Gasteiger partial charge in [0.1, 0.15) is 5.82 Å². The van der Waals surface area contributed by atoms with Gasteiger partial charge in [0.05, 0.1) is 6.54 Å². The number of piperidine rings is 1.